The molecule has 0 nitrogen and oxygen atoms in total. The Balaban J connectivity index is 1.42. The van der Waals surface area contributed by atoms with Crippen LogP contribution in [0.1, 0.15) is 47.0 Å². The van der Waals surface area contributed by atoms with E-state index in [1.165, 1.54) is 69.3 Å². The van der Waals surface area contributed by atoms with Gasteiger partial charge in [-0.15, -0.1) is 0 Å². The molecular formula is C38H34Cl2SiZr. The summed E-state index contributed by atoms with van der Waals surface area (Å²) in [5.41, 5.74) is 13.4. The van der Waals surface area contributed by atoms with Crippen molar-refractivity contribution in [1.82, 2.24) is 0 Å². The molecule has 0 fully saturated rings. The SMILES string of the molecule is CCCc1ccc2c(c1-c1ccccc1-c1ccccc1)C=C(CC)[CH]2[Zr]([Cl])([Cl])[c]1cccc2c1[SiH2]c1ccccc1-2. The second-order valence-electron chi connectivity index (χ2n) is 11.6. The number of hydrogen-bond acceptors (Lipinski definition) is 0. The van der Waals surface area contributed by atoms with Crippen molar-refractivity contribution < 1.29 is 17.9 Å². The van der Waals surface area contributed by atoms with Crippen LogP contribution in [0.2, 0.25) is 0 Å². The second kappa shape index (κ2) is 11.5. The van der Waals surface area contributed by atoms with Crippen LogP contribution in [0.5, 0.6) is 0 Å². The van der Waals surface area contributed by atoms with E-state index < -0.39 is 27.4 Å². The Kier molecular flexibility index (Phi) is 7.78. The van der Waals surface area contributed by atoms with Crippen molar-refractivity contribution in [1.29, 1.82) is 0 Å². The van der Waals surface area contributed by atoms with Gasteiger partial charge in [-0.1, -0.05) is 0 Å². The van der Waals surface area contributed by atoms with E-state index in [4.69, 9.17) is 17.0 Å². The van der Waals surface area contributed by atoms with Crippen molar-refractivity contribution in [2.24, 2.45) is 0 Å². The van der Waals surface area contributed by atoms with E-state index in [0.717, 1.165) is 19.3 Å². The molecule has 5 aromatic rings. The van der Waals surface area contributed by atoms with Crippen molar-refractivity contribution in [3.8, 4) is 33.4 Å². The molecule has 1 atom stereocenters. The van der Waals surface area contributed by atoms with Gasteiger partial charge in [0.15, 0.2) is 0 Å². The molecule has 0 amide bonds. The van der Waals surface area contributed by atoms with Gasteiger partial charge in [0.25, 0.3) is 0 Å². The second-order valence-corrected chi connectivity index (χ2v) is 27.4. The van der Waals surface area contributed by atoms with E-state index in [9.17, 15) is 0 Å². The van der Waals surface area contributed by atoms with Crippen LogP contribution in [-0.4, -0.2) is 9.52 Å². The Morgan fingerprint density at radius 1 is 0.690 bits per heavy atom. The van der Waals surface area contributed by atoms with Gasteiger partial charge in [-0.05, 0) is 0 Å². The van der Waals surface area contributed by atoms with E-state index in [-0.39, 0.29) is 3.63 Å². The predicted molar refractivity (Wildman–Crippen MR) is 183 cm³/mol. The third-order valence-corrected chi connectivity index (χ3v) is 23.5. The quantitative estimate of drug-likeness (QED) is 0.148. The molecule has 1 aliphatic heterocycles. The molecule has 0 N–H and O–H groups in total. The van der Waals surface area contributed by atoms with Crippen LogP contribution in [0.15, 0.2) is 115 Å². The molecule has 0 saturated heterocycles. The van der Waals surface area contributed by atoms with Gasteiger partial charge >= 0.3 is 266 Å². The molecule has 4 heteroatoms. The summed E-state index contributed by atoms with van der Waals surface area (Å²) in [6, 6.07) is 40.1. The Labute approximate surface area is 263 Å². The zero-order valence-corrected chi connectivity index (χ0v) is 29.5. The summed E-state index contributed by atoms with van der Waals surface area (Å²) in [7, 11) is 15.1. The molecule has 5 aromatic carbocycles. The average molecular weight is 681 g/mol. The molecule has 0 spiro atoms. The maximum atomic E-state index is 7.88. The molecule has 1 aliphatic carbocycles. The van der Waals surface area contributed by atoms with E-state index in [1.54, 1.807) is 0 Å². The molecule has 0 saturated carbocycles. The molecule has 0 bridgehead atoms. The molecule has 1 unspecified atom stereocenters. The Hall–Kier alpha value is -2.48. The van der Waals surface area contributed by atoms with Gasteiger partial charge in [0, 0.05) is 0 Å². The number of benzene rings is 5. The summed E-state index contributed by atoms with van der Waals surface area (Å²) in [4.78, 5) is 0. The Morgan fingerprint density at radius 2 is 1.38 bits per heavy atom. The molecule has 1 heterocycles. The average Bonchev–Trinajstić information content (AvgIpc) is 3.60. The first kappa shape index (κ1) is 28.3. The Bertz CT molecular complexity index is 1840. The van der Waals surface area contributed by atoms with Crippen LogP contribution in [0.4, 0.5) is 0 Å². The van der Waals surface area contributed by atoms with Crippen LogP contribution in [0.25, 0.3) is 39.5 Å². The zero-order valence-electron chi connectivity index (χ0n) is 24.1. The molecule has 7 rings (SSSR count). The van der Waals surface area contributed by atoms with Gasteiger partial charge in [-0.25, -0.2) is 0 Å². The number of allylic oxidation sites excluding steroid dienone is 1. The van der Waals surface area contributed by atoms with Gasteiger partial charge in [0.2, 0.25) is 0 Å². The first-order valence-corrected chi connectivity index (χ1v) is 25.5. The van der Waals surface area contributed by atoms with Crippen molar-refractivity contribution in [3.05, 3.63) is 131 Å². The fraction of sp³-hybridized carbons (Fsp3) is 0.158. The predicted octanol–water partition coefficient (Wildman–Crippen LogP) is 8.71. The van der Waals surface area contributed by atoms with E-state index >= 15 is 0 Å². The number of aryl methyl sites for hydroxylation is 1. The summed E-state index contributed by atoms with van der Waals surface area (Å²) in [6.45, 7) is 4.54. The van der Waals surface area contributed by atoms with E-state index in [0.29, 0.717) is 0 Å². The third-order valence-electron chi connectivity index (χ3n) is 9.16. The number of rotatable bonds is 7. The number of halogens is 2. The van der Waals surface area contributed by atoms with Crippen LogP contribution in [0, 0.1) is 0 Å². The topological polar surface area (TPSA) is 0 Å². The van der Waals surface area contributed by atoms with Crippen LogP contribution >= 0.6 is 17.0 Å². The van der Waals surface area contributed by atoms with Gasteiger partial charge < -0.3 is 0 Å². The van der Waals surface area contributed by atoms with Crippen molar-refractivity contribution in [2.45, 2.75) is 36.7 Å². The van der Waals surface area contributed by atoms with Gasteiger partial charge in [0.1, 0.15) is 0 Å². The molecule has 0 radical (unpaired) electrons. The normalized spacial score (nSPS) is 15.8. The molecule has 208 valence electrons. The Morgan fingerprint density at radius 3 is 2.14 bits per heavy atom. The van der Waals surface area contributed by atoms with Crippen LogP contribution in [-0.2, 0) is 24.3 Å². The molecule has 2 aliphatic rings. The summed E-state index contributed by atoms with van der Waals surface area (Å²) in [5.74, 6) is 0. The maximum absolute atomic E-state index is 7.88. The summed E-state index contributed by atoms with van der Waals surface area (Å²) in [6.07, 6.45) is 5.55. The monoisotopic (exact) mass is 678 g/mol. The zero-order chi connectivity index (χ0) is 28.8. The fourth-order valence-electron chi connectivity index (χ4n) is 7.28. The third kappa shape index (κ3) is 4.67. The summed E-state index contributed by atoms with van der Waals surface area (Å²) >= 11 is -3.99. The van der Waals surface area contributed by atoms with Crippen molar-refractivity contribution >= 4 is 46.3 Å². The van der Waals surface area contributed by atoms with Gasteiger partial charge in [-0.3, -0.25) is 0 Å². The van der Waals surface area contributed by atoms with Crippen LogP contribution < -0.4 is 13.6 Å². The molecule has 42 heavy (non-hydrogen) atoms. The number of hydrogen-bond donors (Lipinski definition) is 0. The van der Waals surface area contributed by atoms with Crippen molar-refractivity contribution in [2.75, 3.05) is 0 Å². The van der Waals surface area contributed by atoms with E-state index in [1.807, 2.05) is 0 Å². The van der Waals surface area contributed by atoms with Gasteiger partial charge in [-0.2, -0.15) is 0 Å². The summed E-state index contributed by atoms with van der Waals surface area (Å²) in [5, 5.41) is 3.00. The van der Waals surface area contributed by atoms with Crippen LogP contribution in [0.3, 0.4) is 0 Å². The standard InChI is InChI=1S/C26H25.C12H9Si.2ClH.Zr/c1-3-10-21-15-16-22-17-19(4-2)18-25(22)26(21)24-14-9-8-13-23(24)20-11-6-5-7-12-20;1-3-7-11-9(5-1)10-6-2-4-8-12(10)13-11;;;/h5-9,11-18H,3-4,10H2,1-2H3;1-7H,13H2;2*1H;/q;;;;+2/p-2. The minimum absolute atomic E-state index is 0.102. The minimum atomic E-state index is -3.99. The van der Waals surface area contributed by atoms with Gasteiger partial charge in [0.05, 0.1) is 0 Å². The molecular weight excluding hydrogens is 647 g/mol. The first-order valence-electron chi connectivity index (χ1n) is 15.1. The van der Waals surface area contributed by atoms with Crippen molar-refractivity contribution in [3.63, 3.8) is 0 Å². The molecule has 0 aromatic heterocycles. The van der Waals surface area contributed by atoms with E-state index in [2.05, 4.69) is 129 Å². The fourth-order valence-corrected chi connectivity index (χ4v) is 24.3. The number of fused-ring (bicyclic) bond motifs is 4. The first-order chi connectivity index (χ1) is 20.5. The summed E-state index contributed by atoms with van der Waals surface area (Å²) < 4.78 is 1.40.